The van der Waals surface area contributed by atoms with E-state index in [1.807, 2.05) is 12.1 Å². The van der Waals surface area contributed by atoms with E-state index in [9.17, 15) is 0 Å². The first-order valence-electron chi connectivity index (χ1n) is 4.70. The van der Waals surface area contributed by atoms with Crippen molar-refractivity contribution in [2.45, 2.75) is 11.5 Å². The quantitative estimate of drug-likeness (QED) is 0.415. The Hall–Kier alpha value is 0.110. The number of thioether (sulfide) groups is 2. The minimum atomic E-state index is 0. The second-order valence-electron chi connectivity index (χ2n) is 3.22. The van der Waals surface area contributed by atoms with Crippen LogP contribution in [-0.4, -0.2) is 10.3 Å². The van der Waals surface area contributed by atoms with Gasteiger partial charge in [0.25, 0.3) is 0 Å². The third kappa shape index (κ3) is 8.80. The topological polar surface area (TPSA) is 99.7 Å². The van der Waals surface area contributed by atoms with Gasteiger partial charge in [0, 0.05) is 16.5 Å². The number of rotatable bonds is 4. The van der Waals surface area contributed by atoms with E-state index in [1.165, 1.54) is 23.5 Å². The molecule has 9 heteroatoms. The summed E-state index contributed by atoms with van der Waals surface area (Å²) >= 11 is 8.44. The fraction of sp³-hybridized carbons (Fsp3) is 0.200. The first-order valence-corrected chi connectivity index (χ1v) is 7.05. The molecule has 0 amide bonds. The molecule has 0 saturated carbocycles. The van der Waals surface area contributed by atoms with Crippen LogP contribution in [0, 0.1) is 10.8 Å². The van der Waals surface area contributed by atoms with E-state index in [-0.39, 0.29) is 44.3 Å². The van der Waals surface area contributed by atoms with E-state index in [0.717, 1.165) is 11.1 Å². The highest BCUT2D eigenvalue weighted by Crippen LogP contribution is 2.24. The zero-order chi connectivity index (χ0) is 12.8. The Bertz CT molecular complexity index is 446. The highest BCUT2D eigenvalue weighted by atomic mass is 79.9. The molecule has 0 bridgehead atoms. The largest absolute Gasteiger partial charge is 0.379 e. The van der Waals surface area contributed by atoms with Gasteiger partial charge in [-0.05, 0) is 23.3 Å². The zero-order valence-electron chi connectivity index (χ0n) is 9.81. The van der Waals surface area contributed by atoms with Crippen molar-refractivity contribution in [3.05, 3.63) is 34.3 Å². The van der Waals surface area contributed by atoms with Crippen LogP contribution < -0.4 is 11.5 Å². The van der Waals surface area contributed by atoms with Crippen molar-refractivity contribution in [1.29, 1.82) is 10.8 Å². The van der Waals surface area contributed by atoms with Crippen LogP contribution in [0.15, 0.2) is 18.2 Å². The normalized spacial score (nSPS) is 9.11. The Morgan fingerprint density at radius 1 is 1.00 bits per heavy atom. The fourth-order valence-corrected chi connectivity index (χ4v) is 2.55. The SMILES string of the molecule is Br.Br.N=C(N)SCc1ccc(Cl)cc1CSC(=N)N. The second kappa shape index (κ2) is 10.8. The third-order valence-electron chi connectivity index (χ3n) is 1.93. The lowest BCUT2D eigenvalue weighted by molar-refractivity contribution is 1.29. The predicted molar refractivity (Wildman–Crippen MR) is 98.5 cm³/mol. The van der Waals surface area contributed by atoms with Crippen LogP contribution in [0.2, 0.25) is 5.02 Å². The standard InChI is InChI=1S/C10H13ClN4S2.2BrH/c11-8-2-1-6(4-16-9(12)13)7(3-8)5-17-10(14)15;;/h1-3H,4-5H2,(H3,12,13)(H3,14,15);2*1H. The number of nitrogens with one attached hydrogen (secondary N) is 2. The molecule has 1 aromatic rings. The molecule has 0 aliphatic carbocycles. The first kappa shape index (κ1) is 21.4. The van der Waals surface area contributed by atoms with E-state index in [0.29, 0.717) is 16.5 Å². The van der Waals surface area contributed by atoms with E-state index in [4.69, 9.17) is 33.9 Å². The van der Waals surface area contributed by atoms with Crippen LogP contribution in [0.1, 0.15) is 11.1 Å². The summed E-state index contributed by atoms with van der Waals surface area (Å²) in [5.41, 5.74) is 12.7. The van der Waals surface area contributed by atoms with Crippen LogP contribution in [0.25, 0.3) is 0 Å². The zero-order valence-corrected chi connectivity index (χ0v) is 15.6. The number of halogens is 3. The maximum atomic E-state index is 7.19. The molecule has 0 atom stereocenters. The molecule has 0 aliphatic rings. The Morgan fingerprint density at radius 2 is 1.47 bits per heavy atom. The van der Waals surface area contributed by atoms with Gasteiger partial charge in [-0.15, -0.1) is 34.0 Å². The molecule has 0 radical (unpaired) electrons. The second-order valence-corrected chi connectivity index (χ2v) is 5.69. The van der Waals surface area contributed by atoms with Crippen LogP contribution in [0.4, 0.5) is 0 Å². The highest BCUT2D eigenvalue weighted by molar-refractivity contribution is 8.93. The number of nitrogens with two attached hydrogens (primary N) is 2. The van der Waals surface area contributed by atoms with Gasteiger partial charge in [0.05, 0.1) is 0 Å². The maximum Gasteiger partial charge on any atom is 0.151 e. The lowest BCUT2D eigenvalue weighted by atomic mass is 10.1. The van der Waals surface area contributed by atoms with Gasteiger partial charge in [-0.2, -0.15) is 0 Å². The maximum absolute atomic E-state index is 7.19. The first-order chi connectivity index (χ1) is 7.99. The van der Waals surface area contributed by atoms with E-state index in [2.05, 4.69) is 0 Å². The molecule has 108 valence electrons. The third-order valence-corrected chi connectivity index (χ3v) is 3.70. The molecule has 0 aromatic heterocycles. The monoisotopic (exact) mass is 448 g/mol. The van der Waals surface area contributed by atoms with Crippen LogP contribution in [-0.2, 0) is 11.5 Å². The van der Waals surface area contributed by atoms with Crippen molar-refractivity contribution in [2.75, 3.05) is 0 Å². The van der Waals surface area contributed by atoms with E-state index >= 15 is 0 Å². The minimum Gasteiger partial charge on any atom is -0.379 e. The molecule has 1 rings (SSSR count). The van der Waals surface area contributed by atoms with Gasteiger partial charge >= 0.3 is 0 Å². The van der Waals surface area contributed by atoms with E-state index in [1.54, 1.807) is 6.07 Å². The minimum absolute atomic E-state index is 0. The van der Waals surface area contributed by atoms with Crippen molar-refractivity contribution in [3.8, 4) is 0 Å². The predicted octanol–water partition coefficient (Wildman–Crippen LogP) is 3.75. The van der Waals surface area contributed by atoms with Gasteiger partial charge in [0.1, 0.15) is 0 Å². The van der Waals surface area contributed by atoms with Gasteiger partial charge in [0.2, 0.25) is 0 Å². The smallest absolute Gasteiger partial charge is 0.151 e. The summed E-state index contributed by atoms with van der Waals surface area (Å²) < 4.78 is 0. The van der Waals surface area contributed by atoms with Gasteiger partial charge in [-0.3, -0.25) is 10.8 Å². The van der Waals surface area contributed by atoms with Gasteiger partial charge < -0.3 is 11.5 Å². The van der Waals surface area contributed by atoms with Crippen LogP contribution in [0.3, 0.4) is 0 Å². The molecule has 1 aromatic carbocycles. The van der Waals surface area contributed by atoms with Crippen molar-refractivity contribution in [3.63, 3.8) is 0 Å². The number of benzene rings is 1. The molecule has 0 unspecified atom stereocenters. The molecule has 19 heavy (non-hydrogen) atoms. The van der Waals surface area contributed by atoms with E-state index < -0.39 is 0 Å². The summed E-state index contributed by atoms with van der Waals surface area (Å²) in [4.78, 5) is 0. The fourth-order valence-electron chi connectivity index (χ4n) is 1.18. The van der Waals surface area contributed by atoms with Crippen molar-refractivity contribution >= 4 is 79.4 Å². The molecule has 0 spiro atoms. The number of amidine groups is 2. The van der Waals surface area contributed by atoms with Gasteiger partial charge in [-0.25, -0.2) is 0 Å². The Morgan fingerprint density at radius 3 is 1.95 bits per heavy atom. The Labute approximate surface area is 147 Å². The molecule has 0 heterocycles. The summed E-state index contributed by atoms with van der Waals surface area (Å²) in [6, 6.07) is 5.57. The van der Waals surface area contributed by atoms with Crippen molar-refractivity contribution < 1.29 is 0 Å². The van der Waals surface area contributed by atoms with Gasteiger partial charge in [0.15, 0.2) is 10.3 Å². The van der Waals surface area contributed by atoms with Crippen molar-refractivity contribution in [2.24, 2.45) is 11.5 Å². The number of hydrogen-bond acceptors (Lipinski definition) is 4. The average molecular weight is 451 g/mol. The van der Waals surface area contributed by atoms with Crippen molar-refractivity contribution in [1.82, 2.24) is 0 Å². The lowest BCUT2D eigenvalue weighted by Crippen LogP contribution is -2.06. The molecule has 4 nitrogen and oxygen atoms in total. The molecular weight excluding hydrogens is 436 g/mol. The molecule has 0 saturated heterocycles. The van der Waals surface area contributed by atoms with Crippen LogP contribution in [0.5, 0.6) is 0 Å². The lowest BCUT2D eigenvalue weighted by Gasteiger charge is -2.09. The molecule has 6 N–H and O–H groups in total. The summed E-state index contributed by atoms with van der Waals surface area (Å²) in [5.74, 6) is 1.23. The summed E-state index contributed by atoms with van der Waals surface area (Å²) in [6.45, 7) is 0. The highest BCUT2D eigenvalue weighted by Gasteiger charge is 2.06. The molecule has 0 fully saturated rings. The average Bonchev–Trinajstić information content (AvgIpc) is 2.24. The van der Waals surface area contributed by atoms with Crippen LogP contribution >= 0.6 is 69.1 Å². The molecule has 0 aliphatic heterocycles. The Balaban J connectivity index is 0. The summed E-state index contributed by atoms with van der Waals surface area (Å²) in [6.07, 6.45) is 0. The summed E-state index contributed by atoms with van der Waals surface area (Å²) in [7, 11) is 0. The van der Waals surface area contributed by atoms with Gasteiger partial charge in [-0.1, -0.05) is 41.2 Å². The summed E-state index contributed by atoms with van der Waals surface area (Å²) in [5, 5.41) is 15.2. The number of hydrogen-bond donors (Lipinski definition) is 4. The molecular formula is C10H15Br2ClN4S2. The Kier molecular flexibility index (Phi) is 12.2.